The second-order valence-corrected chi connectivity index (χ2v) is 10.7. The molecule has 5 rings (SSSR count). The summed E-state index contributed by atoms with van der Waals surface area (Å²) in [4.78, 5) is 28.3. The molecule has 0 unspecified atom stereocenters. The minimum Gasteiger partial charge on any atom is -0.497 e. The van der Waals surface area contributed by atoms with Gasteiger partial charge in [-0.3, -0.25) is 9.59 Å². The number of tetrazole rings is 1. The van der Waals surface area contributed by atoms with Crippen LogP contribution in [0.25, 0.3) is 22.5 Å². The van der Waals surface area contributed by atoms with Crippen LogP contribution in [0.3, 0.4) is 0 Å². The van der Waals surface area contributed by atoms with Crippen LogP contribution in [0.1, 0.15) is 37.8 Å². The topological polar surface area (TPSA) is 139 Å². The number of carbonyl (C=O) groups is 2. The molecule has 1 aliphatic heterocycles. The fraction of sp³-hybridized carbons (Fsp3) is 0.300. The van der Waals surface area contributed by atoms with E-state index in [0.29, 0.717) is 25.2 Å². The minimum atomic E-state index is -0.669. The van der Waals surface area contributed by atoms with Crippen molar-refractivity contribution in [3.05, 3.63) is 77.9 Å². The summed E-state index contributed by atoms with van der Waals surface area (Å²) >= 11 is 0. The van der Waals surface area contributed by atoms with E-state index >= 15 is 0 Å². The van der Waals surface area contributed by atoms with Crippen LogP contribution in [-0.4, -0.2) is 51.1 Å². The number of amides is 2. The molecule has 1 aromatic heterocycles. The standard InChI is InChI=1S/C30H33N7O3/c1-30(2,31)17-27(38)32-25-14-12-21-16-22(40-3)13-15-26(21)37(29(25)39)18-19-8-10-20(11-9-19)23-6-4-5-7-24(23)28-33-35-36-34-28/h4-11,13,15-16,25H,12,14,17-18,31H2,1-3H3,(H,32,38)(H,33,34,35,36)/t25-/m1/s1. The highest BCUT2D eigenvalue weighted by atomic mass is 16.5. The summed E-state index contributed by atoms with van der Waals surface area (Å²) in [7, 11) is 1.62. The number of hydrogen-bond donors (Lipinski definition) is 3. The summed E-state index contributed by atoms with van der Waals surface area (Å²) in [6, 6.07) is 21.0. The number of nitrogens with zero attached hydrogens (tertiary/aromatic N) is 4. The van der Waals surface area contributed by atoms with E-state index < -0.39 is 11.6 Å². The lowest BCUT2D eigenvalue weighted by molar-refractivity contribution is -0.128. The molecule has 0 fully saturated rings. The molecule has 0 spiro atoms. The van der Waals surface area contributed by atoms with Crippen molar-refractivity contribution in [1.29, 1.82) is 0 Å². The largest absolute Gasteiger partial charge is 0.497 e. The van der Waals surface area contributed by atoms with Gasteiger partial charge in [0.25, 0.3) is 0 Å². The molecule has 2 heterocycles. The molecule has 2 amide bonds. The first kappa shape index (κ1) is 27.0. The molecule has 10 heteroatoms. The molecule has 0 bridgehead atoms. The Bertz CT molecular complexity index is 1490. The van der Waals surface area contributed by atoms with Gasteiger partial charge in [-0.1, -0.05) is 48.5 Å². The zero-order chi connectivity index (χ0) is 28.3. The summed E-state index contributed by atoms with van der Waals surface area (Å²) in [5, 5.41) is 17.4. The number of nitrogens with two attached hydrogens (primary N) is 1. The number of aromatic amines is 1. The summed E-state index contributed by atoms with van der Waals surface area (Å²) in [5.74, 6) is 0.855. The molecule has 4 aromatic rings. The van der Waals surface area contributed by atoms with Gasteiger partial charge in [0, 0.05) is 23.2 Å². The zero-order valence-corrected chi connectivity index (χ0v) is 22.8. The fourth-order valence-corrected chi connectivity index (χ4v) is 5.02. The Kier molecular flexibility index (Phi) is 7.61. The molecule has 1 atom stereocenters. The Balaban J connectivity index is 1.43. The van der Waals surface area contributed by atoms with E-state index in [9.17, 15) is 9.59 Å². The fourth-order valence-electron chi connectivity index (χ4n) is 5.02. The smallest absolute Gasteiger partial charge is 0.249 e. The molecule has 4 N–H and O–H groups in total. The van der Waals surface area contributed by atoms with Gasteiger partial charge in [-0.15, -0.1) is 10.2 Å². The van der Waals surface area contributed by atoms with Gasteiger partial charge in [-0.25, -0.2) is 0 Å². The van der Waals surface area contributed by atoms with E-state index in [-0.39, 0.29) is 18.2 Å². The van der Waals surface area contributed by atoms with E-state index in [1.807, 2.05) is 66.7 Å². The average molecular weight is 540 g/mol. The van der Waals surface area contributed by atoms with Crippen LogP contribution in [0.4, 0.5) is 5.69 Å². The van der Waals surface area contributed by atoms with Crippen molar-refractivity contribution in [3.8, 4) is 28.3 Å². The molecule has 3 aromatic carbocycles. The van der Waals surface area contributed by atoms with E-state index in [4.69, 9.17) is 10.5 Å². The number of hydrogen-bond acceptors (Lipinski definition) is 7. The lowest BCUT2D eigenvalue weighted by Gasteiger charge is -2.27. The predicted molar refractivity (Wildman–Crippen MR) is 152 cm³/mol. The molecule has 0 aliphatic carbocycles. The van der Waals surface area contributed by atoms with Crippen molar-refractivity contribution in [1.82, 2.24) is 25.9 Å². The van der Waals surface area contributed by atoms with Crippen molar-refractivity contribution in [2.24, 2.45) is 5.73 Å². The van der Waals surface area contributed by atoms with Crippen LogP contribution in [0.15, 0.2) is 66.7 Å². The van der Waals surface area contributed by atoms with Crippen LogP contribution in [0.5, 0.6) is 5.75 Å². The number of anilines is 1. The second kappa shape index (κ2) is 11.3. The number of H-pyrrole nitrogens is 1. The van der Waals surface area contributed by atoms with Gasteiger partial charge < -0.3 is 20.7 Å². The number of rotatable bonds is 8. The third-order valence-corrected chi connectivity index (χ3v) is 6.91. The van der Waals surface area contributed by atoms with E-state index in [1.165, 1.54) is 0 Å². The molecule has 1 aliphatic rings. The molecule has 0 radical (unpaired) electrons. The van der Waals surface area contributed by atoms with Gasteiger partial charge in [0.05, 0.1) is 13.7 Å². The number of methoxy groups -OCH3 is 1. The van der Waals surface area contributed by atoms with Crippen molar-refractivity contribution >= 4 is 17.5 Å². The van der Waals surface area contributed by atoms with Crippen molar-refractivity contribution in [2.75, 3.05) is 12.0 Å². The number of nitrogens with one attached hydrogen (secondary N) is 2. The van der Waals surface area contributed by atoms with E-state index in [2.05, 4.69) is 25.9 Å². The molecular formula is C30H33N7O3. The first-order valence-electron chi connectivity index (χ1n) is 13.2. The van der Waals surface area contributed by atoms with Crippen LogP contribution in [-0.2, 0) is 22.6 Å². The van der Waals surface area contributed by atoms with E-state index in [1.54, 1.807) is 25.9 Å². The summed E-state index contributed by atoms with van der Waals surface area (Å²) < 4.78 is 5.44. The molecule has 0 saturated carbocycles. The third kappa shape index (κ3) is 6.02. The quantitative estimate of drug-likeness (QED) is 0.311. The minimum absolute atomic E-state index is 0.129. The first-order valence-corrected chi connectivity index (χ1v) is 13.2. The predicted octanol–water partition coefficient (Wildman–Crippen LogP) is 3.63. The van der Waals surface area contributed by atoms with Crippen molar-refractivity contribution in [2.45, 2.75) is 51.2 Å². The third-order valence-electron chi connectivity index (χ3n) is 6.91. The van der Waals surface area contributed by atoms with Crippen LogP contribution < -0.4 is 20.7 Å². The number of carbonyl (C=O) groups excluding carboxylic acids is 2. The van der Waals surface area contributed by atoms with Crippen molar-refractivity contribution in [3.63, 3.8) is 0 Å². The van der Waals surface area contributed by atoms with Gasteiger partial charge in [0.15, 0.2) is 0 Å². The lowest BCUT2D eigenvalue weighted by atomic mass is 9.98. The molecular weight excluding hydrogens is 506 g/mol. The molecule has 10 nitrogen and oxygen atoms in total. The van der Waals surface area contributed by atoms with E-state index in [0.717, 1.165) is 39.3 Å². The number of aryl methyl sites for hydroxylation is 1. The van der Waals surface area contributed by atoms with Gasteiger partial charge in [0.2, 0.25) is 17.6 Å². The number of benzene rings is 3. The first-order chi connectivity index (χ1) is 19.2. The Morgan fingerprint density at radius 1 is 1.12 bits per heavy atom. The molecule has 40 heavy (non-hydrogen) atoms. The Labute approximate surface area is 232 Å². The highest BCUT2D eigenvalue weighted by Crippen LogP contribution is 2.33. The van der Waals surface area contributed by atoms with Crippen LogP contribution in [0.2, 0.25) is 0 Å². The van der Waals surface area contributed by atoms with Gasteiger partial charge >= 0.3 is 0 Å². The van der Waals surface area contributed by atoms with Gasteiger partial charge in [-0.2, -0.15) is 5.21 Å². The highest BCUT2D eigenvalue weighted by molar-refractivity contribution is 6.00. The molecule has 206 valence electrons. The normalized spacial score (nSPS) is 15.3. The SMILES string of the molecule is COc1ccc2c(c1)CC[C@@H](NC(=O)CC(C)(C)N)C(=O)N2Cc1ccc(-c2ccccc2-c2nn[nH]n2)cc1. The zero-order valence-electron chi connectivity index (χ0n) is 22.8. The summed E-state index contributed by atoms with van der Waals surface area (Å²) in [6.07, 6.45) is 1.24. The Morgan fingerprint density at radius 2 is 1.88 bits per heavy atom. The number of fused-ring (bicyclic) bond motifs is 1. The highest BCUT2D eigenvalue weighted by Gasteiger charge is 2.32. The Morgan fingerprint density at radius 3 is 2.55 bits per heavy atom. The lowest BCUT2D eigenvalue weighted by Crippen LogP contribution is -2.49. The van der Waals surface area contributed by atoms with Crippen LogP contribution in [0, 0.1) is 0 Å². The average Bonchev–Trinajstić information content (AvgIpc) is 3.44. The maximum Gasteiger partial charge on any atom is 0.249 e. The van der Waals surface area contributed by atoms with Gasteiger partial charge in [-0.05, 0) is 72.4 Å². The maximum atomic E-state index is 13.9. The van der Waals surface area contributed by atoms with Gasteiger partial charge in [0.1, 0.15) is 11.8 Å². The summed E-state index contributed by atoms with van der Waals surface area (Å²) in [5.41, 5.74) is 11.0. The summed E-state index contributed by atoms with van der Waals surface area (Å²) in [6.45, 7) is 3.93. The van der Waals surface area contributed by atoms with Crippen molar-refractivity contribution < 1.29 is 14.3 Å². The maximum absolute atomic E-state index is 13.9. The second-order valence-electron chi connectivity index (χ2n) is 10.7. The molecule has 0 saturated heterocycles. The van der Waals surface area contributed by atoms with Crippen LogP contribution >= 0.6 is 0 Å². The Hall–Kier alpha value is -4.57. The monoisotopic (exact) mass is 539 g/mol. The number of ether oxygens (including phenoxy) is 1. The number of aromatic nitrogens is 4.